The molecule has 0 radical (unpaired) electrons. The van der Waals surface area contributed by atoms with Gasteiger partial charge in [0.25, 0.3) is 11.8 Å². The number of phenolic OH excluding ortho intramolecular Hbond substituents is 1. The zero-order valence-electron chi connectivity index (χ0n) is 16.6. The Balaban J connectivity index is 1.40. The van der Waals surface area contributed by atoms with E-state index in [4.69, 9.17) is 11.5 Å². The van der Waals surface area contributed by atoms with Gasteiger partial charge in [0.15, 0.2) is 0 Å². The van der Waals surface area contributed by atoms with Gasteiger partial charge in [-0.25, -0.2) is 0 Å². The van der Waals surface area contributed by atoms with Crippen molar-refractivity contribution in [2.75, 3.05) is 26.2 Å². The molecule has 2 amide bonds. The quantitative estimate of drug-likeness (QED) is 0.551. The second-order valence-electron chi connectivity index (χ2n) is 7.99. The van der Waals surface area contributed by atoms with Crippen molar-refractivity contribution in [3.8, 4) is 16.9 Å². The summed E-state index contributed by atoms with van der Waals surface area (Å²) in [7, 11) is 0. The van der Waals surface area contributed by atoms with Crippen LogP contribution in [0, 0.1) is 0 Å². The molecule has 1 heterocycles. The third-order valence-electron chi connectivity index (χ3n) is 5.83. The van der Waals surface area contributed by atoms with Crippen LogP contribution < -0.4 is 11.5 Å². The highest BCUT2D eigenvalue weighted by Crippen LogP contribution is 2.37. The fraction of sp³-hybridized carbons (Fsp3) is 0.364. The normalized spacial score (nSPS) is 17.9. The maximum atomic E-state index is 12.8. The predicted molar refractivity (Wildman–Crippen MR) is 111 cm³/mol. The smallest absolute Gasteiger partial charge is 0.254 e. The van der Waals surface area contributed by atoms with Gasteiger partial charge in [-0.15, -0.1) is 0 Å². The average Bonchev–Trinajstić information content (AvgIpc) is 3.51. The number of aromatic hydroxyl groups is 1. The third kappa shape index (κ3) is 3.89. The van der Waals surface area contributed by atoms with Crippen LogP contribution in [0.25, 0.3) is 11.1 Å². The Labute approximate surface area is 174 Å². The number of phenols is 1. The van der Waals surface area contributed by atoms with Gasteiger partial charge in [-0.2, -0.15) is 0 Å². The van der Waals surface area contributed by atoms with Gasteiger partial charge in [-0.3, -0.25) is 9.59 Å². The maximum absolute atomic E-state index is 12.8. The molecule has 1 saturated carbocycles. The molecule has 158 valence electrons. The van der Waals surface area contributed by atoms with Crippen molar-refractivity contribution in [1.82, 2.24) is 9.80 Å². The number of aliphatic hydroxyl groups is 1. The topological polar surface area (TPSA) is 133 Å². The van der Waals surface area contributed by atoms with Gasteiger partial charge in [0.2, 0.25) is 0 Å². The van der Waals surface area contributed by atoms with E-state index in [1.807, 2.05) is 18.2 Å². The highest BCUT2D eigenvalue weighted by Gasteiger charge is 2.50. The molecule has 1 aliphatic heterocycles. The Hall–Kier alpha value is -2.94. The van der Waals surface area contributed by atoms with Gasteiger partial charge in [0, 0.05) is 37.3 Å². The molecule has 0 bridgehead atoms. The van der Waals surface area contributed by atoms with E-state index >= 15 is 0 Å². The second-order valence-corrected chi connectivity index (χ2v) is 7.99. The Bertz CT molecular complexity index is 962. The van der Waals surface area contributed by atoms with E-state index in [0.717, 1.165) is 11.1 Å². The van der Waals surface area contributed by atoms with Gasteiger partial charge < -0.3 is 31.5 Å². The molecule has 2 aromatic rings. The van der Waals surface area contributed by atoms with Crippen molar-refractivity contribution in [1.29, 1.82) is 0 Å². The zero-order chi connectivity index (χ0) is 21.5. The summed E-state index contributed by atoms with van der Waals surface area (Å²) in [4.78, 5) is 28.4. The summed E-state index contributed by atoms with van der Waals surface area (Å²) in [6, 6.07) is 12.3. The Morgan fingerprint density at radius 1 is 0.900 bits per heavy atom. The van der Waals surface area contributed by atoms with Crippen LogP contribution in [0.2, 0.25) is 0 Å². The maximum Gasteiger partial charge on any atom is 0.254 e. The summed E-state index contributed by atoms with van der Waals surface area (Å²) in [5.74, 6) is -0.277. The molecule has 2 aliphatic rings. The Morgan fingerprint density at radius 2 is 1.47 bits per heavy atom. The van der Waals surface area contributed by atoms with Crippen LogP contribution in [-0.2, 0) is 4.79 Å². The van der Waals surface area contributed by atoms with Gasteiger partial charge in [0.1, 0.15) is 11.4 Å². The van der Waals surface area contributed by atoms with Crippen LogP contribution in [-0.4, -0.2) is 63.6 Å². The predicted octanol–water partition coefficient (Wildman–Crippen LogP) is 0.785. The van der Waals surface area contributed by atoms with Crippen molar-refractivity contribution in [2.45, 2.75) is 24.6 Å². The van der Waals surface area contributed by atoms with Crippen molar-refractivity contribution in [2.24, 2.45) is 11.5 Å². The number of amides is 2. The molecular formula is C22H26N4O4. The van der Waals surface area contributed by atoms with E-state index < -0.39 is 11.8 Å². The summed E-state index contributed by atoms with van der Waals surface area (Å²) < 4.78 is 0. The number of nitrogens with two attached hydrogens (primary N) is 2. The number of carbonyl (C=O) groups excluding carboxylic acids is 2. The largest absolute Gasteiger partial charge is 0.508 e. The summed E-state index contributed by atoms with van der Waals surface area (Å²) in [5, 5.41) is 20.1. The molecule has 0 atom stereocenters. The van der Waals surface area contributed by atoms with Gasteiger partial charge in [0.05, 0.1) is 6.17 Å². The first-order chi connectivity index (χ1) is 14.3. The molecule has 2 aromatic carbocycles. The molecule has 0 aromatic heterocycles. The minimum absolute atomic E-state index is 0.0333. The summed E-state index contributed by atoms with van der Waals surface area (Å²) >= 11 is 0. The third-order valence-corrected chi connectivity index (χ3v) is 5.83. The first-order valence-electron chi connectivity index (χ1n) is 10.0. The van der Waals surface area contributed by atoms with E-state index in [2.05, 4.69) is 0 Å². The Kier molecular flexibility index (Phi) is 5.23. The van der Waals surface area contributed by atoms with Crippen LogP contribution in [0.5, 0.6) is 5.75 Å². The second kappa shape index (κ2) is 7.71. The number of piperazine rings is 1. The number of nitrogens with zero attached hydrogens (tertiary/aromatic N) is 2. The fourth-order valence-electron chi connectivity index (χ4n) is 3.73. The van der Waals surface area contributed by atoms with Crippen molar-refractivity contribution in [3.05, 3.63) is 53.6 Å². The van der Waals surface area contributed by atoms with E-state index in [9.17, 15) is 19.8 Å². The molecule has 8 heteroatoms. The molecule has 2 fully saturated rings. The lowest BCUT2D eigenvalue weighted by molar-refractivity contribution is -0.143. The molecule has 4 rings (SSSR count). The molecule has 1 saturated heterocycles. The van der Waals surface area contributed by atoms with Crippen LogP contribution in [0.1, 0.15) is 34.9 Å². The number of hydrogen-bond acceptors (Lipinski definition) is 6. The molecule has 30 heavy (non-hydrogen) atoms. The lowest BCUT2D eigenvalue weighted by Crippen LogP contribution is -2.53. The van der Waals surface area contributed by atoms with Crippen molar-refractivity contribution < 1.29 is 19.8 Å². The zero-order valence-corrected chi connectivity index (χ0v) is 16.6. The molecule has 0 spiro atoms. The lowest BCUT2D eigenvalue weighted by Gasteiger charge is -2.35. The van der Waals surface area contributed by atoms with Crippen LogP contribution in [0.4, 0.5) is 0 Å². The fourth-order valence-corrected chi connectivity index (χ4v) is 3.73. The number of rotatable bonds is 4. The molecular weight excluding hydrogens is 384 g/mol. The van der Waals surface area contributed by atoms with Crippen LogP contribution in [0.15, 0.2) is 42.5 Å². The number of carbonyl (C=O) groups is 2. The number of benzene rings is 2. The molecule has 6 N–H and O–H groups in total. The summed E-state index contributed by atoms with van der Waals surface area (Å²) in [6.07, 6.45) is 0.301. The van der Waals surface area contributed by atoms with Crippen molar-refractivity contribution >= 4 is 11.8 Å². The van der Waals surface area contributed by atoms with Gasteiger partial charge >= 0.3 is 0 Å². The highest BCUT2D eigenvalue weighted by molar-refractivity contribution is 5.95. The Morgan fingerprint density at radius 3 is 2.00 bits per heavy atom. The van der Waals surface area contributed by atoms with Gasteiger partial charge in [-0.1, -0.05) is 24.3 Å². The lowest BCUT2D eigenvalue weighted by atomic mass is 10.0. The highest BCUT2D eigenvalue weighted by atomic mass is 16.3. The van der Waals surface area contributed by atoms with E-state index in [1.165, 1.54) is 0 Å². The SMILES string of the molecule is NC(N)c1ccc(-c2ccc(C(=O)N3CCN(C(=O)C4(O)CC4)CC3)cc2)cc1O. The first kappa shape index (κ1) is 20.3. The van der Waals surface area contributed by atoms with Crippen LogP contribution in [0.3, 0.4) is 0 Å². The molecule has 8 nitrogen and oxygen atoms in total. The first-order valence-corrected chi connectivity index (χ1v) is 10.0. The summed E-state index contributed by atoms with van der Waals surface area (Å²) in [6.45, 7) is 1.74. The number of hydrogen-bond donors (Lipinski definition) is 4. The van der Waals surface area contributed by atoms with Gasteiger partial charge in [-0.05, 0) is 42.2 Å². The van der Waals surface area contributed by atoms with Crippen molar-refractivity contribution in [3.63, 3.8) is 0 Å². The minimum Gasteiger partial charge on any atom is -0.508 e. The standard InChI is InChI=1S/C22H26N4O4/c23-19(24)17-6-5-16(13-18(17)27)14-1-3-15(4-2-14)20(28)25-9-11-26(12-10-25)21(29)22(30)7-8-22/h1-6,13,19,27,30H,7-12,23-24H2. The van der Waals surface area contributed by atoms with E-state index in [1.54, 1.807) is 34.1 Å². The molecule has 1 aliphatic carbocycles. The summed E-state index contributed by atoms with van der Waals surface area (Å²) in [5.41, 5.74) is 12.7. The van der Waals surface area contributed by atoms with E-state index in [-0.39, 0.29) is 17.6 Å². The monoisotopic (exact) mass is 410 g/mol. The molecule has 0 unspecified atom stereocenters. The average molecular weight is 410 g/mol. The van der Waals surface area contributed by atoms with E-state index in [0.29, 0.717) is 50.1 Å². The minimum atomic E-state index is -1.16. The van der Waals surface area contributed by atoms with Crippen LogP contribution >= 0.6 is 0 Å².